The van der Waals surface area contributed by atoms with Crippen molar-refractivity contribution in [1.82, 2.24) is 4.90 Å². The number of nitriles is 1. The van der Waals surface area contributed by atoms with E-state index in [0.29, 0.717) is 25.5 Å². The highest BCUT2D eigenvalue weighted by Gasteiger charge is 2.16. The van der Waals surface area contributed by atoms with Crippen LogP contribution in [-0.2, 0) is 11.3 Å². The molecule has 1 amide bonds. The lowest BCUT2D eigenvalue weighted by Crippen LogP contribution is -2.26. The molecule has 0 bridgehead atoms. The molecule has 0 N–H and O–H groups in total. The maximum Gasteiger partial charge on any atom is 0.236 e. The highest BCUT2D eigenvalue weighted by molar-refractivity contribution is 5.78. The zero-order valence-corrected chi connectivity index (χ0v) is 11.1. The number of hydrogen-bond donors (Lipinski definition) is 0. The van der Waals surface area contributed by atoms with Crippen LogP contribution in [0.3, 0.4) is 0 Å². The number of fused-ring (bicyclic) bond motifs is 1. The second kappa shape index (κ2) is 5.61. The third-order valence-electron chi connectivity index (χ3n) is 3.06. The molecule has 0 atom stereocenters. The first-order chi connectivity index (χ1) is 9.11. The average Bonchev–Trinajstić information content (AvgIpc) is 2.39. The lowest BCUT2D eigenvalue weighted by molar-refractivity contribution is -0.129. The molecule has 0 saturated carbocycles. The molecule has 0 radical (unpaired) electrons. The van der Waals surface area contributed by atoms with Gasteiger partial charge in [0.15, 0.2) is 11.5 Å². The SMILES string of the molecule is Cc1cc2c(cc1CN(C)C(=O)CC#N)OCCO2. The number of nitrogens with zero attached hydrogens (tertiary/aromatic N) is 2. The van der Waals surface area contributed by atoms with Crippen LogP contribution < -0.4 is 9.47 Å². The molecule has 0 saturated heterocycles. The maximum atomic E-state index is 11.6. The van der Waals surface area contributed by atoms with Gasteiger partial charge < -0.3 is 14.4 Å². The van der Waals surface area contributed by atoms with E-state index in [9.17, 15) is 4.79 Å². The molecular formula is C14H16N2O3. The Morgan fingerprint density at radius 1 is 1.37 bits per heavy atom. The zero-order valence-electron chi connectivity index (χ0n) is 11.1. The lowest BCUT2D eigenvalue weighted by atomic mass is 10.1. The van der Waals surface area contributed by atoms with E-state index >= 15 is 0 Å². The number of hydrogen-bond acceptors (Lipinski definition) is 4. The standard InChI is InChI=1S/C14H16N2O3/c1-10-7-12-13(19-6-5-18-12)8-11(10)9-16(2)14(17)3-4-15/h7-8H,3,5-6,9H2,1-2H3. The number of carbonyl (C=O) groups is 1. The fourth-order valence-electron chi connectivity index (χ4n) is 1.95. The van der Waals surface area contributed by atoms with Crippen molar-refractivity contribution in [2.75, 3.05) is 20.3 Å². The quantitative estimate of drug-likeness (QED) is 0.828. The Labute approximate surface area is 112 Å². The van der Waals surface area contributed by atoms with Crippen LogP contribution in [0, 0.1) is 18.3 Å². The van der Waals surface area contributed by atoms with Gasteiger partial charge in [-0.05, 0) is 30.2 Å². The van der Waals surface area contributed by atoms with Gasteiger partial charge in [0.25, 0.3) is 0 Å². The summed E-state index contributed by atoms with van der Waals surface area (Å²) in [6.45, 7) is 3.53. The van der Waals surface area contributed by atoms with Crippen LogP contribution in [0.1, 0.15) is 17.5 Å². The summed E-state index contributed by atoms with van der Waals surface area (Å²) in [5.74, 6) is 1.28. The minimum atomic E-state index is -0.184. The lowest BCUT2D eigenvalue weighted by Gasteiger charge is -2.22. The van der Waals surface area contributed by atoms with E-state index < -0.39 is 0 Å². The monoisotopic (exact) mass is 260 g/mol. The van der Waals surface area contributed by atoms with Crippen molar-refractivity contribution in [1.29, 1.82) is 5.26 Å². The van der Waals surface area contributed by atoms with Crippen molar-refractivity contribution in [2.24, 2.45) is 0 Å². The Balaban J connectivity index is 2.16. The summed E-state index contributed by atoms with van der Waals surface area (Å²) in [5, 5.41) is 8.53. The molecule has 1 aliphatic rings. The fraction of sp³-hybridized carbons (Fsp3) is 0.429. The van der Waals surface area contributed by atoms with Gasteiger partial charge in [-0.15, -0.1) is 0 Å². The first kappa shape index (κ1) is 13.2. The third-order valence-corrected chi connectivity index (χ3v) is 3.06. The summed E-state index contributed by atoms with van der Waals surface area (Å²) in [6.07, 6.45) is -0.0971. The van der Waals surface area contributed by atoms with Crippen molar-refractivity contribution in [3.8, 4) is 17.6 Å². The summed E-state index contributed by atoms with van der Waals surface area (Å²) in [7, 11) is 1.69. The second-order valence-corrected chi connectivity index (χ2v) is 4.51. The van der Waals surface area contributed by atoms with E-state index in [2.05, 4.69) is 0 Å². The van der Waals surface area contributed by atoms with Gasteiger partial charge in [0, 0.05) is 13.6 Å². The van der Waals surface area contributed by atoms with E-state index in [1.54, 1.807) is 11.9 Å². The zero-order chi connectivity index (χ0) is 13.8. The molecule has 0 aliphatic carbocycles. The Morgan fingerprint density at radius 2 is 2.00 bits per heavy atom. The Hall–Kier alpha value is -2.22. The minimum absolute atomic E-state index is 0.0971. The maximum absolute atomic E-state index is 11.6. The fourth-order valence-corrected chi connectivity index (χ4v) is 1.95. The van der Waals surface area contributed by atoms with Crippen molar-refractivity contribution >= 4 is 5.91 Å². The molecule has 19 heavy (non-hydrogen) atoms. The average molecular weight is 260 g/mol. The van der Waals surface area contributed by atoms with Gasteiger partial charge in [-0.1, -0.05) is 0 Å². The highest BCUT2D eigenvalue weighted by Crippen LogP contribution is 2.33. The molecule has 1 heterocycles. The number of benzene rings is 1. The van der Waals surface area contributed by atoms with Gasteiger partial charge in [0.2, 0.25) is 5.91 Å². The summed E-state index contributed by atoms with van der Waals surface area (Å²) in [5.41, 5.74) is 2.04. The Kier molecular flexibility index (Phi) is 3.91. The van der Waals surface area contributed by atoms with Crippen LogP contribution in [0.15, 0.2) is 12.1 Å². The van der Waals surface area contributed by atoms with E-state index in [1.165, 1.54) is 0 Å². The van der Waals surface area contributed by atoms with Gasteiger partial charge in [0.1, 0.15) is 19.6 Å². The molecule has 0 spiro atoms. The Bertz CT molecular complexity index is 534. The van der Waals surface area contributed by atoms with Crippen LogP contribution >= 0.6 is 0 Å². The molecule has 1 aromatic rings. The van der Waals surface area contributed by atoms with Gasteiger partial charge in [0.05, 0.1) is 6.07 Å². The van der Waals surface area contributed by atoms with Gasteiger partial charge in [-0.3, -0.25) is 4.79 Å². The molecule has 2 rings (SSSR count). The van der Waals surface area contributed by atoms with E-state index in [4.69, 9.17) is 14.7 Å². The van der Waals surface area contributed by atoms with Gasteiger partial charge >= 0.3 is 0 Å². The molecule has 1 aromatic carbocycles. The first-order valence-electron chi connectivity index (χ1n) is 6.12. The molecule has 100 valence electrons. The van der Waals surface area contributed by atoms with Crippen LogP contribution in [0.5, 0.6) is 11.5 Å². The van der Waals surface area contributed by atoms with Crippen molar-refractivity contribution in [3.63, 3.8) is 0 Å². The summed E-state index contributed by atoms with van der Waals surface area (Å²) in [6, 6.07) is 5.69. The summed E-state index contributed by atoms with van der Waals surface area (Å²) in [4.78, 5) is 13.1. The molecular weight excluding hydrogens is 244 g/mol. The van der Waals surface area contributed by atoms with Crippen LogP contribution in [-0.4, -0.2) is 31.1 Å². The number of rotatable bonds is 3. The molecule has 0 unspecified atom stereocenters. The number of aryl methyl sites for hydroxylation is 1. The van der Waals surface area contributed by atoms with E-state index in [1.807, 2.05) is 25.1 Å². The minimum Gasteiger partial charge on any atom is -0.486 e. The van der Waals surface area contributed by atoms with Gasteiger partial charge in [-0.2, -0.15) is 5.26 Å². The predicted molar refractivity (Wildman–Crippen MR) is 68.9 cm³/mol. The number of carbonyl (C=O) groups excluding carboxylic acids is 1. The molecule has 5 nitrogen and oxygen atoms in total. The topological polar surface area (TPSA) is 62.6 Å². The van der Waals surface area contributed by atoms with Crippen molar-refractivity contribution in [2.45, 2.75) is 19.9 Å². The van der Waals surface area contributed by atoms with Crippen LogP contribution in [0.25, 0.3) is 0 Å². The molecule has 1 aliphatic heterocycles. The molecule has 5 heteroatoms. The molecule has 0 aromatic heterocycles. The van der Waals surface area contributed by atoms with Crippen molar-refractivity contribution in [3.05, 3.63) is 23.3 Å². The number of ether oxygens (including phenoxy) is 2. The van der Waals surface area contributed by atoms with E-state index in [0.717, 1.165) is 16.9 Å². The highest BCUT2D eigenvalue weighted by atomic mass is 16.6. The largest absolute Gasteiger partial charge is 0.486 e. The van der Waals surface area contributed by atoms with Crippen LogP contribution in [0.4, 0.5) is 0 Å². The smallest absolute Gasteiger partial charge is 0.236 e. The predicted octanol–water partition coefficient (Wildman–Crippen LogP) is 1.64. The number of amides is 1. The second-order valence-electron chi connectivity index (χ2n) is 4.51. The third kappa shape index (κ3) is 2.97. The normalized spacial score (nSPS) is 12.7. The van der Waals surface area contributed by atoms with Gasteiger partial charge in [-0.25, -0.2) is 0 Å². The molecule has 0 fully saturated rings. The summed E-state index contributed by atoms with van der Waals surface area (Å²) >= 11 is 0. The van der Waals surface area contributed by atoms with Crippen LogP contribution in [0.2, 0.25) is 0 Å². The Morgan fingerprint density at radius 3 is 2.63 bits per heavy atom. The summed E-state index contributed by atoms with van der Waals surface area (Å²) < 4.78 is 11.0. The first-order valence-corrected chi connectivity index (χ1v) is 6.12. The van der Waals surface area contributed by atoms with E-state index in [-0.39, 0.29) is 12.3 Å². The van der Waals surface area contributed by atoms with Crippen molar-refractivity contribution < 1.29 is 14.3 Å².